The Balaban J connectivity index is 1.54. The number of likely N-dealkylation sites (tertiary alicyclic amines) is 1. The first-order chi connectivity index (χ1) is 12.3. The standard InChI is InChI=1S/C23H37NO/c1-3-4-5-6-7-8-16-24-17-15-23(14-10-12-21(23)19-24)20-11-9-13-22(18-20)25-2/h9,11,13,18,21H,3-8,10,12,14-17,19H2,1-2H3. The maximum Gasteiger partial charge on any atom is 0.119 e. The number of nitrogens with zero attached hydrogens (tertiary/aromatic N) is 1. The van der Waals surface area contributed by atoms with E-state index in [4.69, 9.17) is 4.74 Å². The molecule has 1 heterocycles. The van der Waals surface area contributed by atoms with E-state index in [9.17, 15) is 0 Å². The van der Waals surface area contributed by atoms with Gasteiger partial charge in [-0.05, 0) is 62.4 Å². The molecule has 1 aliphatic heterocycles. The van der Waals surface area contributed by atoms with Crippen LogP contribution in [0.5, 0.6) is 5.75 Å². The molecule has 3 rings (SSSR count). The fourth-order valence-corrected chi connectivity index (χ4v) is 5.28. The monoisotopic (exact) mass is 343 g/mol. The predicted octanol–water partition coefficient (Wildman–Crippen LogP) is 5.80. The summed E-state index contributed by atoms with van der Waals surface area (Å²) in [6.45, 7) is 6.20. The molecule has 1 saturated carbocycles. The van der Waals surface area contributed by atoms with Crippen LogP contribution in [0, 0.1) is 5.92 Å². The number of piperidine rings is 1. The highest BCUT2D eigenvalue weighted by molar-refractivity contribution is 5.36. The van der Waals surface area contributed by atoms with Gasteiger partial charge in [0.05, 0.1) is 7.11 Å². The predicted molar refractivity (Wildman–Crippen MR) is 106 cm³/mol. The van der Waals surface area contributed by atoms with Crippen molar-refractivity contribution in [2.45, 2.75) is 76.5 Å². The minimum atomic E-state index is 0.423. The van der Waals surface area contributed by atoms with Crippen molar-refractivity contribution in [1.29, 1.82) is 0 Å². The molecular formula is C23H37NO. The Bertz CT molecular complexity index is 529. The molecule has 1 aliphatic carbocycles. The van der Waals surface area contributed by atoms with Gasteiger partial charge in [-0.25, -0.2) is 0 Å². The van der Waals surface area contributed by atoms with E-state index in [-0.39, 0.29) is 0 Å². The normalized spacial score (nSPS) is 26.6. The van der Waals surface area contributed by atoms with E-state index in [0.29, 0.717) is 5.41 Å². The molecule has 1 aromatic rings. The van der Waals surface area contributed by atoms with E-state index in [1.165, 1.54) is 89.4 Å². The van der Waals surface area contributed by atoms with Crippen LogP contribution in [0.3, 0.4) is 0 Å². The third kappa shape index (κ3) is 4.39. The van der Waals surface area contributed by atoms with Gasteiger partial charge in [-0.3, -0.25) is 0 Å². The van der Waals surface area contributed by atoms with Gasteiger partial charge in [-0.2, -0.15) is 0 Å². The molecule has 25 heavy (non-hydrogen) atoms. The van der Waals surface area contributed by atoms with Crippen molar-refractivity contribution in [3.8, 4) is 5.75 Å². The summed E-state index contributed by atoms with van der Waals surface area (Å²) < 4.78 is 5.49. The fourth-order valence-electron chi connectivity index (χ4n) is 5.28. The Morgan fingerprint density at radius 2 is 1.96 bits per heavy atom. The smallest absolute Gasteiger partial charge is 0.119 e. The Kier molecular flexibility index (Phi) is 6.81. The van der Waals surface area contributed by atoms with Crippen LogP contribution in [0.4, 0.5) is 0 Å². The van der Waals surface area contributed by atoms with Gasteiger partial charge in [0, 0.05) is 12.0 Å². The molecule has 0 bridgehead atoms. The lowest BCUT2D eigenvalue weighted by atomic mass is 9.67. The maximum absolute atomic E-state index is 5.49. The van der Waals surface area contributed by atoms with Crippen LogP contribution < -0.4 is 4.74 Å². The Hall–Kier alpha value is -1.02. The minimum absolute atomic E-state index is 0.423. The van der Waals surface area contributed by atoms with Gasteiger partial charge in [0.15, 0.2) is 0 Å². The van der Waals surface area contributed by atoms with Crippen molar-refractivity contribution in [3.63, 3.8) is 0 Å². The summed E-state index contributed by atoms with van der Waals surface area (Å²) >= 11 is 0. The van der Waals surface area contributed by atoms with Gasteiger partial charge in [-0.15, -0.1) is 0 Å². The molecule has 0 radical (unpaired) electrons. The van der Waals surface area contributed by atoms with Crippen molar-refractivity contribution < 1.29 is 4.74 Å². The molecule has 2 atom stereocenters. The lowest BCUT2D eigenvalue weighted by Crippen LogP contribution is -2.47. The number of fused-ring (bicyclic) bond motifs is 1. The van der Waals surface area contributed by atoms with Crippen LogP contribution >= 0.6 is 0 Å². The third-order valence-electron chi connectivity index (χ3n) is 6.78. The minimum Gasteiger partial charge on any atom is -0.497 e. The molecule has 1 aromatic carbocycles. The van der Waals surface area contributed by atoms with Crippen LogP contribution in [-0.2, 0) is 5.41 Å². The van der Waals surface area contributed by atoms with Crippen LogP contribution in [0.2, 0.25) is 0 Å². The van der Waals surface area contributed by atoms with Crippen molar-refractivity contribution in [2.75, 3.05) is 26.7 Å². The number of benzene rings is 1. The van der Waals surface area contributed by atoms with Crippen molar-refractivity contribution in [1.82, 2.24) is 4.90 Å². The molecular weight excluding hydrogens is 306 g/mol. The molecule has 2 unspecified atom stereocenters. The maximum atomic E-state index is 5.49. The summed E-state index contributed by atoms with van der Waals surface area (Å²) in [5.41, 5.74) is 1.96. The quantitative estimate of drug-likeness (QED) is 0.525. The second-order valence-electron chi connectivity index (χ2n) is 8.30. The van der Waals surface area contributed by atoms with E-state index in [2.05, 4.69) is 36.1 Å². The van der Waals surface area contributed by atoms with Crippen LogP contribution in [0.15, 0.2) is 24.3 Å². The summed E-state index contributed by atoms with van der Waals surface area (Å²) in [5.74, 6) is 1.86. The van der Waals surface area contributed by atoms with Crippen molar-refractivity contribution >= 4 is 0 Å². The number of rotatable bonds is 9. The van der Waals surface area contributed by atoms with E-state index >= 15 is 0 Å². The highest BCUT2D eigenvalue weighted by Crippen LogP contribution is 2.51. The van der Waals surface area contributed by atoms with Gasteiger partial charge in [-0.1, -0.05) is 57.6 Å². The second-order valence-corrected chi connectivity index (χ2v) is 8.30. The summed E-state index contributed by atoms with van der Waals surface area (Å²) in [7, 11) is 1.78. The Labute approximate surface area is 154 Å². The van der Waals surface area contributed by atoms with Crippen molar-refractivity contribution in [3.05, 3.63) is 29.8 Å². The van der Waals surface area contributed by atoms with Crippen molar-refractivity contribution in [2.24, 2.45) is 5.92 Å². The Morgan fingerprint density at radius 1 is 1.12 bits per heavy atom. The van der Waals surface area contributed by atoms with Gasteiger partial charge >= 0.3 is 0 Å². The summed E-state index contributed by atoms with van der Waals surface area (Å²) in [4.78, 5) is 2.76. The zero-order valence-electron chi connectivity index (χ0n) is 16.4. The SMILES string of the molecule is CCCCCCCCN1CCC2(c3cccc(OC)c3)CCCC2C1. The molecule has 2 heteroatoms. The zero-order valence-corrected chi connectivity index (χ0v) is 16.4. The third-order valence-corrected chi connectivity index (χ3v) is 6.78. The first-order valence-corrected chi connectivity index (χ1v) is 10.7. The van der Waals surface area contributed by atoms with E-state index < -0.39 is 0 Å². The largest absolute Gasteiger partial charge is 0.497 e. The average Bonchev–Trinajstić information content (AvgIpc) is 3.09. The van der Waals surface area contributed by atoms with Gasteiger partial charge in [0.25, 0.3) is 0 Å². The van der Waals surface area contributed by atoms with Crippen LogP contribution in [0.1, 0.15) is 76.7 Å². The molecule has 0 aromatic heterocycles. The number of ether oxygens (including phenoxy) is 1. The lowest BCUT2D eigenvalue weighted by Gasteiger charge is -2.45. The first kappa shape index (κ1) is 18.8. The average molecular weight is 344 g/mol. The van der Waals surface area contributed by atoms with Gasteiger partial charge in [0.1, 0.15) is 5.75 Å². The molecule has 140 valence electrons. The number of unbranched alkanes of at least 4 members (excludes halogenated alkanes) is 5. The number of methoxy groups -OCH3 is 1. The highest BCUT2D eigenvalue weighted by atomic mass is 16.5. The molecule has 0 N–H and O–H groups in total. The molecule has 2 aliphatic rings. The van der Waals surface area contributed by atoms with Gasteiger partial charge in [0.2, 0.25) is 0 Å². The zero-order chi connectivity index (χ0) is 17.5. The molecule has 2 nitrogen and oxygen atoms in total. The molecule has 2 fully saturated rings. The lowest BCUT2D eigenvalue weighted by molar-refractivity contribution is 0.109. The molecule has 0 spiro atoms. The van der Waals surface area contributed by atoms with Crippen LogP contribution in [0.25, 0.3) is 0 Å². The Morgan fingerprint density at radius 3 is 2.80 bits per heavy atom. The highest BCUT2D eigenvalue weighted by Gasteiger charge is 2.47. The van der Waals surface area contributed by atoms with Gasteiger partial charge < -0.3 is 9.64 Å². The number of hydrogen-bond acceptors (Lipinski definition) is 2. The first-order valence-electron chi connectivity index (χ1n) is 10.7. The topological polar surface area (TPSA) is 12.5 Å². The number of hydrogen-bond donors (Lipinski definition) is 0. The fraction of sp³-hybridized carbons (Fsp3) is 0.739. The summed E-state index contributed by atoms with van der Waals surface area (Å²) in [5, 5.41) is 0. The summed E-state index contributed by atoms with van der Waals surface area (Å²) in [6.07, 6.45) is 13.9. The molecule has 0 amide bonds. The van der Waals surface area contributed by atoms with E-state index in [0.717, 1.165) is 11.7 Å². The molecule has 1 saturated heterocycles. The summed E-state index contributed by atoms with van der Waals surface area (Å²) in [6, 6.07) is 8.92. The van der Waals surface area contributed by atoms with E-state index in [1.54, 1.807) is 7.11 Å². The second kappa shape index (κ2) is 9.07. The van der Waals surface area contributed by atoms with E-state index in [1.807, 2.05) is 0 Å². The van der Waals surface area contributed by atoms with Crippen LogP contribution in [-0.4, -0.2) is 31.6 Å².